The molecule has 0 radical (unpaired) electrons. The second-order valence-corrected chi connectivity index (χ2v) is 3.46. The first-order valence-corrected chi connectivity index (χ1v) is 4.88. The van der Waals surface area contributed by atoms with E-state index in [1.165, 1.54) is 37.2 Å². The minimum absolute atomic E-state index is 1.20. The predicted molar refractivity (Wildman–Crippen MR) is 58.0 cm³/mol. The summed E-state index contributed by atoms with van der Waals surface area (Å²) in [5.41, 5.74) is 2.60. The Morgan fingerprint density at radius 1 is 1.15 bits per heavy atom. The molecule has 0 N–H and O–H groups in total. The van der Waals surface area contributed by atoms with Crippen LogP contribution in [0.15, 0.2) is 30.8 Å². The second kappa shape index (κ2) is 3.65. The number of nitrogens with zero attached hydrogens (tertiary/aromatic N) is 1. The predicted octanol–water partition coefficient (Wildman–Crippen LogP) is 2.93. The zero-order chi connectivity index (χ0) is 9.10. The number of hydrogen-bond donors (Lipinski definition) is 0. The summed E-state index contributed by atoms with van der Waals surface area (Å²) < 4.78 is 0. The van der Waals surface area contributed by atoms with Crippen LogP contribution in [0.1, 0.15) is 18.4 Å². The summed E-state index contributed by atoms with van der Waals surface area (Å²) in [5, 5.41) is 0. The van der Waals surface area contributed by atoms with Gasteiger partial charge in [-0.3, -0.25) is 0 Å². The lowest BCUT2D eigenvalue weighted by atomic mass is 10.1. The van der Waals surface area contributed by atoms with Crippen molar-refractivity contribution in [1.29, 1.82) is 0 Å². The molecule has 0 amide bonds. The highest BCUT2D eigenvalue weighted by molar-refractivity contribution is 5.66. The molecule has 0 bridgehead atoms. The van der Waals surface area contributed by atoms with Crippen molar-refractivity contribution >= 4 is 11.8 Å². The van der Waals surface area contributed by atoms with E-state index in [-0.39, 0.29) is 0 Å². The largest absolute Gasteiger partial charge is 0.371 e. The minimum atomic E-state index is 1.20. The molecule has 1 heterocycles. The molecule has 0 unspecified atom stereocenters. The highest BCUT2D eigenvalue weighted by Crippen LogP contribution is 2.24. The molecule has 0 spiro atoms. The molecule has 13 heavy (non-hydrogen) atoms. The average Bonchev–Trinajstić information content (AvgIpc) is 2.70. The molecule has 1 nitrogen and oxygen atoms in total. The lowest BCUT2D eigenvalue weighted by molar-refractivity contribution is 0.949. The number of benzene rings is 1. The Kier molecular flexibility index (Phi) is 2.35. The lowest BCUT2D eigenvalue weighted by Gasteiger charge is -2.19. The van der Waals surface area contributed by atoms with Gasteiger partial charge in [-0.05, 0) is 24.5 Å². The van der Waals surface area contributed by atoms with Gasteiger partial charge in [0.25, 0.3) is 0 Å². The van der Waals surface area contributed by atoms with E-state index in [2.05, 4.69) is 35.7 Å². The van der Waals surface area contributed by atoms with Crippen molar-refractivity contribution in [3.63, 3.8) is 0 Å². The smallest absolute Gasteiger partial charge is 0.0439 e. The van der Waals surface area contributed by atoms with Crippen LogP contribution in [0.2, 0.25) is 0 Å². The van der Waals surface area contributed by atoms with Crippen molar-refractivity contribution in [2.75, 3.05) is 18.0 Å². The van der Waals surface area contributed by atoms with Crippen molar-refractivity contribution in [3.05, 3.63) is 36.4 Å². The van der Waals surface area contributed by atoms with Crippen molar-refractivity contribution in [3.8, 4) is 0 Å². The van der Waals surface area contributed by atoms with E-state index < -0.39 is 0 Å². The molecule has 1 heteroatoms. The molecule has 1 fully saturated rings. The van der Waals surface area contributed by atoms with Crippen LogP contribution >= 0.6 is 0 Å². The molecular weight excluding hydrogens is 158 g/mol. The van der Waals surface area contributed by atoms with E-state index in [0.29, 0.717) is 0 Å². The van der Waals surface area contributed by atoms with Gasteiger partial charge in [0.2, 0.25) is 0 Å². The van der Waals surface area contributed by atoms with Crippen LogP contribution in [-0.4, -0.2) is 13.1 Å². The topological polar surface area (TPSA) is 3.24 Å². The maximum absolute atomic E-state index is 3.84. The molecule has 2 rings (SSSR count). The van der Waals surface area contributed by atoms with Gasteiger partial charge in [-0.25, -0.2) is 0 Å². The van der Waals surface area contributed by atoms with Gasteiger partial charge in [-0.2, -0.15) is 0 Å². The lowest BCUT2D eigenvalue weighted by Crippen LogP contribution is -2.18. The van der Waals surface area contributed by atoms with Crippen molar-refractivity contribution < 1.29 is 0 Å². The quantitative estimate of drug-likeness (QED) is 0.664. The van der Waals surface area contributed by atoms with E-state index in [1.54, 1.807) is 0 Å². The Labute approximate surface area is 79.7 Å². The van der Waals surface area contributed by atoms with Crippen LogP contribution in [-0.2, 0) is 0 Å². The van der Waals surface area contributed by atoms with Gasteiger partial charge in [0.1, 0.15) is 0 Å². The highest BCUT2D eigenvalue weighted by atomic mass is 15.1. The summed E-state index contributed by atoms with van der Waals surface area (Å²) in [6, 6.07) is 8.47. The summed E-state index contributed by atoms with van der Waals surface area (Å²) in [5.74, 6) is 0. The van der Waals surface area contributed by atoms with Gasteiger partial charge >= 0.3 is 0 Å². The fourth-order valence-electron chi connectivity index (χ4n) is 1.91. The van der Waals surface area contributed by atoms with E-state index in [1.807, 2.05) is 6.08 Å². The molecule has 1 aromatic rings. The number of anilines is 1. The molecule has 1 aliphatic heterocycles. The van der Waals surface area contributed by atoms with Crippen LogP contribution in [0.4, 0.5) is 5.69 Å². The average molecular weight is 173 g/mol. The monoisotopic (exact) mass is 173 g/mol. The number of hydrogen-bond acceptors (Lipinski definition) is 1. The Morgan fingerprint density at radius 2 is 1.85 bits per heavy atom. The van der Waals surface area contributed by atoms with Crippen LogP contribution < -0.4 is 4.90 Å². The molecule has 0 aromatic heterocycles. The summed E-state index contributed by atoms with van der Waals surface area (Å²) >= 11 is 0. The summed E-state index contributed by atoms with van der Waals surface area (Å²) in [6.07, 6.45) is 4.59. The fourth-order valence-corrected chi connectivity index (χ4v) is 1.91. The SMILES string of the molecule is C=Cc1ccccc1N1CCCC1. The minimum Gasteiger partial charge on any atom is -0.371 e. The van der Waals surface area contributed by atoms with E-state index in [4.69, 9.17) is 0 Å². The van der Waals surface area contributed by atoms with Gasteiger partial charge in [-0.1, -0.05) is 30.9 Å². The van der Waals surface area contributed by atoms with Crippen molar-refractivity contribution in [2.45, 2.75) is 12.8 Å². The summed E-state index contributed by atoms with van der Waals surface area (Å²) in [6.45, 7) is 6.23. The Bertz CT molecular complexity index is 298. The standard InChI is InChI=1S/C12H15N/c1-2-11-7-3-4-8-12(11)13-9-5-6-10-13/h2-4,7-8H,1,5-6,9-10H2. The first-order chi connectivity index (χ1) is 6.42. The van der Waals surface area contributed by atoms with E-state index in [0.717, 1.165) is 0 Å². The second-order valence-electron chi connectivity index (χ2n) is 3.46. The van der Waals surface area contributed by atoms with E-state index in [9.17, 15) is 0 Å². The van der Waals surface area contributed by atoms with Gasteiger partial charge in [0.15, 0.2) is 0 Å². The van der Waals surface area contributed by atoms with Crippen LogP contribution in [0.25, 0.3) is 6.08 Å². The van der Waals surface area contributed by atoms with Gasteiger partial charge in [-0.15, -0.1) is 0 Å². The highest BCUT2D eigenvalue weighted by Gasteiger charge is 2.13. The summed E-state index contributed by atoms with van der Waals surface area (Å²) in [4.78, 5) is 2.44. The summed E-state index contributed by atoms with van der Waals surface area (Å²) in [7, 11) is 0. The van der Waals surface area contributed by atoms with Gasteiger partial charge in [0.05, 0.1) is 0 Å². The zero-order valence-corrected chi connectivity index (χ0v) is 7.87. The molecule has 0 saturated carbocycles. The molecule has 68 valence electrons. The number of para-hydroxylation sites is 1. The normalized spacial score (nSPS) is 16.2. The first kappa shape index (κ1) is 8.36. The van der Waals surface area contributed by atoms with Gasteiger partial charge < -0.3 is 4.90 Å². The maximum Gasteiger partial charge on any atom is 0.0439 e. The first-order valence-electron chi connectivity index (χ1n) is 4.88. The van der Waals surface area contributed by atoms with Gasteiger partial charge in [0, 0.05) is 18.8 Å². The van der Waals surface area contributed by atoms with Crippen molar-refractivity contribution in [2.24, 2.45) is 0 Å². The zero-order valence-electron chi connectivity index (χ0n) is 7.87. The third kappa shape index (κ3) is 1.59. The maximum atomic E-state index is 3.84. The molecule has 0 aliphatic carbocycles. The van der Waals surface area contributed by atoms with Crippen LogP contribution in [0, 0.1) is 0 Å². The Hall–Kier alpha value is -1.24. The molecule has 1 saturated heterocycles. The van der Waals surface area contributed by atoms with Crippen LogP contribution in [0.5, 0.6) is 0 Å². The van der Waals surface area contributed by atoms with Crippen LogP contribution in [0.3, 0.4) is 0 Å². The van der Waals surface area contributed by atoms with Crippen molar-refractivity contribution in [1.82, 2.24) is 0 Å². The van der Waals surface area contributed by atoms with E-state index >= 15 is 0 Å². The Morgan fingerprint density at radius 3 is 2.54 bits per heavy atom. The molecular formula is C12H15N. The molecule has 1 aliphatic rings. The third-order valence-corrected chi connectivity index (χ3v) is 2.60. The molecule has 1 aromatic carbocycles. The molecule has 0 atom stereocenters. The third-order valence-electron chi connectivity index (χ3n) is 2.60. The number of rotatable bonds is 2. The fraction of sp³-hybridized carbons (Fsp3) is 0.333. The Balaban J connectivity index is 2.31.